The van der Waals surface area contributed by atoms with Gasteiger partial charge in [0, 0.05) is 5.02 Å². The van der Waals surface area contributed by atoms with E-state index in [2.05, 4.69) is 20.9 Å². The molecule has 1 aliphatic heterocycles. The van der Waals surface area contributed by atoms with Crippen LogP contribution in [0.2, 0.25) is 5.02 Å². The molecule has 4 rings (SSSR count). The van der Waals surface area contributed by atoms with Crippen LogP contribution in [0, 0.1) is 0 Å². The molecule has 0 saturated carbocycles. The van der Waals surface area contributed by atoms with E-state index in [0.29, 0.717) is 41.6 Å². The minimum atomic E-state index is -0.765. The van der Waals surface area contributed by atoms with Crippen molar-refractivity contribution in [2.75, 3.05) is 20.8 Å². The molecule has 182 valence electrons. The van der Waals surface area contributed by atoms with Crippen LogP contribution < -0.4 is 24.4 Å². The van der Waals surface area contributed by atoms with Crippen LogP contribution in [0.15, 0.2) is 61.9 Å². The Kier molecular flexibility index (Phi) is 7.49. The van der Waals surface area contributed by atoms with Gasteiger partial charge in [0.2, 0.25) is 0 Å². The number of carbonyl (C=O) groups excluding carboxylic acids is 1. The van der Waals surface area contributed by atoms with E-state index in [1.807, 2.05) is 12.1 Å². The number of esters is 1. The molecule has 0 radical (unpaired) electrons. The van der Waals surface area contributed by atoms with Gasteiger partial charge in [-0.3, -0.25) is 9.36 Å². The Morgan fingerprint density at radius 1 is 1.26 bits per heavy atom. The highest BCUT2D eigenvalue weighted by atomic mass is 79.9. The first-order valence-corrected chi connectivity index (χ1v) is 12.6. The number of nitrogens with zero attached hydrogens (tertiary/aromatic N) is 2. The quantitative estimate of drug-likeness (QED) is 0.410. The third kappa shape index (κ3) is 4.68. The maximum absolute atomic E-state index is 13.7. The Labute approximate surface area is 219 Å². The topological polar surface area (TPSA) is 79.1 Å². The minimum absolute atomic E-state index is 0.198. The zero-order valence-corrected chi connectivity index (χ0v) is 22.6. The second kappa shape index (κ2) is 10.4. The van der Waals surface area contributed by atoms with Crippen molar-refractivity contribution in [2.45, 2.75) is 19.9 Å². The number of hydrogen-bond acceptors (Lipinski definition) is 7. The van der Waals surface area contributed by atoms with E-state index < -0.39 is 12.0 Å². The van der Waals surface area contributed by atoms with Crippen molar-refractivity contribution < 1.29 is 19.0 Å². The molecule has 1 aliphatic rings. The lowest BCUT2D eigenvalue weighted by atomic mass is 9.96. The Balaban J connectivity index is 1.96. The van der Waals surface area contributed by atoms with E-state index in [1.165, 1.54) is 15.9 Å². The fourth-order valence-corrected chi connectivity index (χ4v) is 5.86. The average molecular weight is 578 g/mol. The number of allylic oxidation sites excluding steroid dienone is 1. The van der Waals surface area contributed by atoms with E-state index in [-0.39, 0.29) is 17.7 Å². The summed E-state index contributed by atoms with van der Waals surface area (Å²) < 4.78 is 18.8. The number of methoxy groups -OCH3 is 2. The molecule has 0 N–H and O–H groups in total. The summed E-state index contributed by atoms with van der Waals surface area (Å²) in [7, 11) is 3.10. The number of thiazole rings is 1. The molecule has 0 spiro atoms. The molecule has 0 bridgehead atoms. The number of aromatic nitrogens is 1. The lowest BCUT2D eigenvalue weighted by Gasteiger charge is -2.25. The molecule has 0 fully saturated rings. The summed E-state index contributed by atoms with van der Waals surface area (Å²) in [6, 6.07) is 9.99. The molecule has 35 heavy (non-hydrogen) atoms. The fourth-order valence-electron chi connectivity index (χ4n) is 3.96. The second-order valence-corrected chi connectivity index (χ2v) is 9.83. The number of fused-ring (bicyclic) bond motifs is 1. The lowest BCUT2D eigenvalue weighted by molar-refractivity contribution is -0.139. The number of carbonyl (C=O) groups is 1. The SMILES string of the molecule is CCOC(=O)C1=C(C)N=c2s/c(=C\c3cc(Br)c(OC)c(OC)c3)c(=O)n2[C@H]1c1ccccc1Cl. The van der Waals surface area contributed by atoms with Gasteiger partial charge in [0.25, 0.3) is 5.56 Å². The number of halogens is 2. The van der Waals surface area contributed by atoms with Gasteiger partial charge in [-0.25, -0.2) is 9.79 Å². The summed E-state index contributed by atoms with van der Waals surface area (Å²) in [4.78, 5) is 31.7. The third-order valence-corrected chi connectivity index (χ3v) is 7.39. The van der Waals surface area contributed by atoms with Crippen LogP contribution >= 0.6 is 38.9 Å². The molecule has 1 atom stereocenters. The maximum atomic E-state index is 13.7. The molecule has 2 aromatic carbocycles. The largest absolute Gasteiger partial charge is 0.493 e. The summed E-state index contributed by atoms with van der Waals surface area (Å²) in [6.07, 6.45) is 1.75. The Hall–Kier alpha value is -2.88. The normalized spacial score (nSPS) is 15.5. The highest BCUT2D eigenvalue weighted by molar-refractivity contribution is 9.10. The maximum Gasteiger partial charge on any atom is 0.338 e. The van der Waals surface area contributed by atoms with Crippen LogP contribution in [0.25, 0.3) is 6.08 Å². The Morgan fingerprint density at radius 2 is 2.00 bits per heavy atom. The molecule has 0 aliphatic carbocycles. The van der Waals surface area contributed by atoms with Gasteiger partial charge in [-0.05, 0) is 65.2 Å². The van der Waals surface area contributed by atoms with Gasteiger partial charge >= 0.3 is 5.97 Å². The highest BCUT2D eigenvalue weighted by Gasteiger charge is 2.34. The molecule has 10 heteroatoms. The zero-order valence-electron chi connectivity index (χ0n) is 19.4. The first kappa shape index (κ1) is 25.2. The van der Waals surface area contributed by atoms with Gasteiger partial charge in [-0.1, -0.05) is 41.1 Å². The summed E-state index contributed by atoms with van der Waals surface area (Å²) in [5, 5.41) is 0.437. The van der Waals surface area contributed by atoms with E-state index in [9.17, 15) is 9.59 Å². The highest BCUT2D eigenvalue weighted by Crippen LogP contribution is 2.37. The molecular weight excluding hydrogens is 556 g/mol. The summed E-state index contributed by atoms with van der Waals surface area (Å²) in [5.74, 6) is 0.548. The lowest BCUT2D eigenvalue weighted by Crippen LogP contribution is -2.40. The van der Waals surface area contributed by atoms with Crippen molar-refractivity contribution in [3.63, 3.8) is 0 Å². The molecule has 0 saturated heterocycles. The van der Waals surface area contributed by atoms with Crippen LogP contribution in [-0.2, 0) is 9.53 Å². The van der Waals surface area contributed by atoms with Crippen molar-refractivity contribution in [1.29, 1.82) is 0 Å². The van der Waals surface area contributed by atoms with Gasteiger partial charge < -0.3 is 14.2 Å². The van der Waals surface area contributed by atoms with E-state index in [0.717, 1.165) is 5.56 Å². The van der Waals surface area contributed by atoms with E-state index in [1.54, 1.807) is 58.4 Å². The first-order valence-electron chi connectivity index (χ1n) is 10.7. The van der Waals surface area contributed by atoms with Gasteiger partial charge in [0.15, 0.2) is 16.3 Å². The molecule has 3 aromatic rings. The number of benzene rings is 2. The van der Waals surface area contributed by atoms with Crippen LogP contribution in [0.5, 0.6) is 11.5 Å². The van der Waals surface area contributed by atoms with Crippen LogP contribution in [0.4, 0.5) is 0 Å². The van der Waals surface area contributed by atoms with Crippen molar-refractivity contribution in [3.8, 4) is 11.5 Å². The second-order valence-electron chi connectivity index (χ2n) is 7.56. The molecular formula is C25H22BrClN2O5S. The van der Waals surface area contributed by atoms with Crippen molar-refractivity contribution >= 4 is 50.9 Å². The number of ether oxygens (including phenoxy) is 3. The van der Waals surface area contributed by atoms with Crippen LogP contribution in [0.3, 0.4) is 0 Å². The standard InChI is InChI=1S/C25H22BrClN2O5S/c1-5-34-24(31)20-13(2)28-25-29(21(20)15-8-6-7-9-17(15)27)23(30)19(35-25)12-14-10-16(26)22(33-4)18(11-14)32-3/h6-12,21H,5H2,1-4H3/b19-12-/t21-/m0/s1. The molecule has 1 aromatic heterocycles. The fraction of sp³-hybridized carbons (Fsp3) is 0.240. The summed E-state index contributed by atoms with van der Waals surface area (Å²) in [5.41, 5.74) is 1.82. The van der Waals surface area contributed by atoms with E-state index in [4.69, 9.17) is 25.8 Å². The molecule has 0 amide bonds. The molecule has 7 nitrogen and oxygen atoms in total. The van der Waals surface area contributed by atoms with E-state index >= 15 is 0 Å². The Bertz CT molecular complexity index is 1530. The first-order chi connectivity index (χ1) is 16.8. The molecule has 0 unspecified atom stereocenters. The predicted molar refractivity (Wildman–Crippen MR) is 139 cm³/mol. The average Bonchev–Trinajstić information content (AvgIpc) is 3.12. The monoisotopic (exact) mass is 576 g/mol. The van der Waals surface area contributed by atoms with Crippen molar-refractivity contribution in [1.82, 2.24) is 4.57 Å². The molecule has 2 heterocycles. The zero-order chi connectivity index (χ0) is 25.3. The summed E-state index contributed by atoms with van der Waals surface area (Å²) in [6.45, 7) is 3.66. The van der Waals surface area contributed by atoms with Gasteiger partial charge in [-0.15, -0.1) is 0 Å². The number of hydrogen-bond donors (Lipinski definition) is 0. The van der Waals surface area contributed by atoms with Crippen molar-refractivity contribution in [3.05, 3.63) is 88.0 Å². The smallest absolute Gasteiger partial charge is 0.338 e. The van der Waals surface area contributed by atoms with Gasteiger partial charge in [0.05, 0.1) is 41.1 Å². The number of rotatable bonds is 6. The van der Waals surface area contributed by atoms with Crippen molar-refractivity contribution in [2.24, 2.45) is 4.99 Å². The third-order valence-electron chi connectivity index (χ3n) is 5.47. The summed E-state index contributed by atoms with van der Waals surface area (Å²) >= 11 is 11.2. The van der Waals surface area contributed by atoms with Gasteiger partial charge in [-0.2, -0.15) is 0 Å². The Morgan fingerprint density at radius 3 is 2.66 bits per heavy atom. The van der Waals surface area contributed by atoms with Crippen LogP contribution in [-0.4, -0.2) is 31.4 Å². The van der Waals surface area contributed by atoms with Crippen LogP contribution in [0.1, 0.15) is 31.0 Å². The van der Waals surface area contributed by atoms with Gasteiger partial charge in [0.1, 0.15) is 6.04 Å². The minimum Gasteiger partial charge on any atom is -0.493 e. The predicted octanol–water partition coefficient (Wildman–Crippen LogP) is 4.23.